The lowest BCUT2D eigenvalue weighted by atomic mass is 9.95. The Balaban J connectivity index is 2.02. The molecule has 5 atom stereocenters. The fourth-order valence-corrected chi connectivity index (χ4v) is 4.05. The van der Waals surface area contributed by atoms with E-state index >= 15 is 0 Å². The van der Waals surface area contributed by atoms with E-state index in [4.69, 9.17) is 33.2 Å². The number of nitrogens with one attached hydrogen (secondary N) is 1. The molecule has 0 amide bonds. The highest BCUT2D eigenvalue weighted by Gasteiger charge is 2.51. The molecule has 1 aliphatic rings. The standard InChI is InChI=1S/C27H33NO10/c1-16(29)34-15-23-25(36-17(2)30)26(37-18(3)31)24(27(38-23)35-14-19-9-7-6-8-10-19)28-21-12-11-20(32-4)13-22(21)33-5/h6-13,23-28H,14-15H2,1-5H3/t23-,24-,25-,26-,27-/m1/s1. The van der Waals surface area contributed by atoms with Crippen molar-refractivity contribution < 1.29 is 47.5 Å². The van der Waals surface area contributed by atoms with Gasteiger partial charge in [0.1, 0.15) is 30.3 Å². The zero-order valence-electron chi connectivity index (χ0n) is 22.0. The monoisotopic (exact) mass is 531 g/mol. The third-order valence-electron chi connectivity index (χ3n) is 5.69. The maximum Gasteiger partial charge on any atom is 0.303 e. The average Bonchev–Trinajstić information content (AvgIpc) is 2.89. The Bertz CT molecular complexity index is 1090. The smallest absolute Gasteiger partial charge is 0.303 e. The van der Waals surface area contributed by atoms with Gasteiger partial charge in [0.25, 0.3) is 0 Å². The van der Waals surface area contributed by atoms with Gasteiger partial charge in [-0.25, -0.2) is 0 Å². The van der Waals surface area contributed by atoms with Gasteiger partial charge in [0.15, 0.2) is 18.5 Å². The summed E-state index contributed by atoms with van der Waals surface area (Å²) in [4.78, 5) is 35.8. The van der Waals surface area contributed by atoms with Gasteiger partial charge in [-0.2, -0.15) is 0 Å². The summed E-state index contributed by atoms with van der Waals surface area (Å²) in [5, 5.41) is 3.28. The Morgan fingerprint density at radius 2 is 1.55 bits per heavy atom. The molecule has 0 radical (unpaired) electrons. The normalized spacial score (nSPS) is 22.6. The highest BCUT2D eigenvalue weighted by atomic mass is 16.7. The van der Waals surface area contributed by atoms with E-state index in [1.165, 1.54) is 35.0 Å². The van der Waals surface area contributed by atoms with Crippen molar-refractivity contribution in [3.63, 3.8) is 0 Å². The van der Waals surface area contributed by atoms with Crippen LogP contribution in [0, 0.1) is 0 Å². The van der Waals surface area contributed by atoms with Crippen molar-refractivity contribution in [1.82, 2.24) is 0 Å². The molecule has 0 saturated carbocycles. The van der Waals surface area contributed by atoms with Crippen LogP contribution in [-0.2, 0) is 44.7 Å². The van der Waals surface area contributed by atoms with Gasteiger partial charge in [-0.1, -0.05) is 30.3 Å². The molecule has 0 unspecified atom stereocenters. The van der Waals surface area contributed by atoms with Crippen LogP contribution in [0.25, 0.3) is 0 Å². The maximum absolute atomic E-state index is 12.2. The largest absolute Gasteiger partial charge is 0.497 e. The van der Waals surface area contributed by atoms with Crippen LogP contribution in [-0.4, -0.2) is 69.4 Å². The lowest BCUT2D eigenvalue weighted by Gasteiger charge is -2.45. The maximum atomic E-state index is 12.2. The van der Waals surface area contributed by atoms with Crippen LogP contribution in [0.1, 0.15) is 26.3 Å². The van der Waals surface area contributed by atoms with Crippen molar-refractivity contribution in [1.29, 1.82) is 0 Å². The number of hydrogen-bond acceptors (Lipinski definition) is 11. The molecule has 38 heavy (non-hydrogen) atoms. The van der Waals surface area contributed by atoms with Crippen LogP contribution in [0.2, 0.25) is 0 Å². The van der Waals surface area contributed by atoms with Gasteiger partial charge in [-0.3, -0.25) is 14.4 Å². The second kappa shape index (κ2) is 13.6. The minimum Gasteiger partial charge on any atom is -0.497 e. The van der Waals surface area contributed by atoms with E-state index < -0.39 is 48.6 Å². The van der Waals surface area contributed by atoms with Crippen LogP contribution in [0.4, 0.5) is 5.69 Å². The first kappa shape index (κ1) is 28.7. The SMILES string of the molecule is COc1ccc(N[C@H]2[C@H](OCc3ccccc3)O[C@H](COC(C)=O)[C@@H](OC(C)=O)[C@@H]2OC(C)=O)c(OC)c1. The average molecular weight is 532 g/mol. The molecule has 0 spiro atoms. The molecule has 11 nitrogen and oxygen atoms in total. The number of anilines is 1. The molecule has 0 aliphatic carbocycles. The Hall–Kier alpha value is -3.83. The fraction of sp³-hybridized carbons (Fsp3) is 0.444. The van der Waals surface area contributed by atoms with E-state index in [1.807, 2.05) is 30.3 Å². The Labute approximate surface area is 221 Å². The first-order valence-electron chi connectivity index (χ1n) is 12.0. The lowest BCUT2D eigenvalue weighted by Crippen LogP contribution is -2.64. The summed E-state index contributed by atoms with van der Waals surface area (Å²) in [6, 6.07) is 13.7. The molecule has 1 fully saturated rings. The van der Waals surface area contributed by atoms with Crippen LogP contribution in [0.3, 0.4) is 0 Å². The van der Waals surface area contributed by atoms with E-state index in [0.717, 1.165) is 5.56 Å². The van der Waals surface area contributed by atoms with E-state index in [1.54, 1.807) is 18.2 Å². The molecule has 0 aromatic heterocycles. The Morgan fingerprint density at radius 3 is 2.16 bits per heavy atom. The lowest BCUT2D eigenvalue weighted by molar-refractivity contribution is -0.273. The van der Waals surface area contributed by atoms with Gasteiger partial charge >= 0.3 is 17.9 Å². The highest BCUT2D eigenvalue weighted by molar-refractivity contribution is 5.68. The van der Waals surface area contributed by atoms with Crippen molar-refractivity contribution in [3.8, 4) is 11.5 Å². The Kier molecular flexibility index (Phi) is 10.3. The summed E-state index contributed by atoms with van der Waals surface area (Å²) in [6.45, 7) is 3.62. The quantitative estimate of drug-likeness (QED) is 0.340. The highest BCUT2D eigenvalue weighted by Crippen LogP contribution is 2.35. The van der Waals surface area contributed by atoms with Crippen molar-refractivity contribution in [2.24, 2.45) is 0 Å². The molecule has 3 rings (SSSR count). The molecular formula is C27H33NO10. The van der Waals surface area contributed by atoms with E-state index in [0.29, 0.717) is 17.2 Å². The van der Waals surface area contributed by atoms with E-state index in [-0.39, 0.29) is 13.2 Å². The molecular weight excluding hydrogens is 498 g/mol. The van der Waals surface area contributed by atoms with Crippen molar-refractivity contribution >= 4 is 23.6 Å². The molecule has 2 aromatic carbocycles. The molecule has 2 aromatic rings. The summed E-state index contributed by atoms with van der Waals surface area (Å²) in [5.41, 5.74) is 1.40. The summed E-state index contributed by atoms with van der Waals surface area (Å²) in [5.74, 6) is -0.786. The third-order valence-corrected chi connectivity index (χ3v) is 5.69. The number of hydrogen-bond donors (Lipinski definition) is 1. The molecule has 1 N–H and O–H groups in total. The van der Waals surface area contributed by atoms with Crippen molar-refractivity contribution in [2.75, 3.05) is 26.1 Å². The van der Waals surface area contributed by atoms with Crippen LogP contribution in [0.5, 0.6) is 11.5 Å². The zero-order valence-corrected chi connectivity index (χ0v) is 22.0. The Morgan fingerprint density at radius 1 is 0.868 bits per heavy atom. The second-order valence-corrected chi connectivity index (χ2v) is 8.53. The number of methoxy groups -OCH3 is 2. The summed E-state index contributed by atoms with van der Waals surface area (Å²) in [6.07, 6.45) is -4.21. The van der Waals surface area contributed by atoms with Gasteiger partial charge < -0.3 is 38.5 Å². The molecule has 11 heteroatoms. The van der Waals surface area contributed by atoms with E-state index in [2.05, 4.69) is 5.32 Å². The van der Waals surface area contributed by atoms with Crippen molar-refractivity contribution in [2.45, 2.75) is 58.0 Å². The molecule has 1 aliphatic heterocycles. The summed E-state index contributed by atoms with van der Waals surface area (Å²) >= 11 is 0. The predicted octanol–water partition coefficient (Wildman–Crippen LogP) is 2.85. The van der Waals surface area contributed by atoms with Gasteiger partial charge in [-0.15, -0.1) is 0 Å². The first-order valence-corrected chi connectivity index (χ1v) is 12.0. The fourth-order valence-electron chi connectivity index (χ4n) is 4.05. The van der Waals surface area contributed by atoms with Crippen LogP contribution >= 0.6 is 0 Å². The molecule has 0 bridgehead atoms. The number of carbonyl (C=O) groups excluding carboxylic acids is 3. The van der Waals surface area contributed by atoms with Crippen LogP contribution in [0.15, 0.2) is 48.5 Å². The van der Waals surface area contributed by atoms with Crippen molar-refractivity contribution in [3.05, 3.63) is 54.1 Å². The number of ether oxygens (including phenoxy) is 7. The van der Waals surface area contributed by atoms with Gasteiger partial charge in [0.2, 0.25) is 0 Å². The van der Waals surface area contributed by atoms with Gasteiger partial charge in [0.05, 0.1) is 26.5 Å². The van der Waals surface area contributed by atoms with Crippen LogP contribution < -0.4 is 14.8 Å². The number of carbonyl (C=O) groups is 3. The summed E-state index contributed by atoms with van der Waals surface area (Å²) in [7, 11) is 3.04. The second-order valence-electron chi connectivity index (χ2n) is 8.53. The molecule has 1 saturated heterocycles. The van der Waals surface area contributed by atoms with E-state index in [9.17, 15) is 14.4 Å². The topological polar surface area (TPSA) is 128 Å². The third kappa shape index (κ3) is 7.83. The molecule has 1 heterocycles. The minimum atomic E-state index is -1.12. The predicted molar refractivity (Wildman–Crippen MR) is 135 cm³/mol. The summed E-state index contributed by atoms with van der Waals surface area (Å²) < 4.78 is 39.5. The van der Waals surface area contributed by atoms with Gasteiger partial charge in [0, 0.05) is 26.8 Å². The number of benzene rings is 2. The first-order chi connectivity index (χ1) is 18.2. The molecule has 206 valence electrons. The zero-order chi connectivity index (χ0) is 27.7. The number of rotatable bonds is 11. The van der Waals surface area contributed by atoms with Gasteiger partial charge in [-0.05, 0) is 17.7 Å². The number of esters is 3. The minimum absolute atomic E-state index is 0.161.